The fourth-order valence-corrected chi connectivity index (χ4v) is 3.40. The van der Waals surface area contributed by atoms with E-state index in [1.807, 2.05) is 6.92 Å². The lowest BCUT2D eigenvalue weighted by Gasteiger charge is -2.29. The highest BCUT2D eigenvalue weighted by molar-refractivity contribution is 9.10. The number of hydrogen-bond acceptors (Lipinski definition) is 3. The van der Waals surface area contributed by atoms with Crippen LogP contribution in [0.2, 0.25) is 5.02 Å². The predicted octanol–water partition coefficient (Wildman–Crippen LogP) is 4.56. The standard InChI is InChI=1S/C21H23BrClFN2O3/c1-3-10-25-21(28)14(2)26(12-15-6-4-5-7-18(15)24)20(27)13-29-19-9-8-16(23)11-17(19)22/h4-9,11,14H,3,10,12-13H2,1-2H3,(H,25,28)/t14-/m0/s1. The normalized spacial score (nSPS) is 11.6. The van der Waals surface area contributed by atoms with Crippen LogP contribution in [-0.2, 0) is 16.1 Å². The van der Waals surface area contributed by atoms with Crippen molar-refractivity contribution >= 4 is 39.3 Å². The van der Waals surface area contributed by atoms with Crippen LogP contribution in [0.25, 0.3) is 0 Å². The van der Waals surface area contributed by atoms with Crippen LogP contribution in [0, 0.1) is 5.82 Å². The molecule has 1 N–H and O–H groups in total. The molecule has 0 unspecified atom stereocenters. The van der Waals surface area contributed by atoms with Crippen LogP contribution in [0.15, 0.2) is 46.9 Å². The zero-order chi connectivity index (χ0) is 21.4. The quantitative estimate of drug-likeness (QED) is 0.566. The molecule has 156 valence electrons. The van der Waals surface area contributed by atoms with Crippen molar-refractivity contribution in [3.63, 3.8) is 0 Å². The molecule has 0 aliphatic carbocycles. The monoisotopic (exact) mass is 484 g/mol. The number of halogens is 3. The summed E-state index contributed by atoms with van der Waals surface area (Å²) in [6.45, 7) is 3.70. The highest BCUT2D eigenvalue weighted by Crippen LogP contribution is 2.28. The average Bonchev–Trinajstić information content (AvgIpc) is 2.70. The summed E-state index contributed by atoms with van der Waals surface area (Å²) in [5.74, 6) is -0.733. The van der Waals surface area contributed by atoms with Gasteiger partial charge in [-0.05, 0) is 53.5 Å². The van der Waals surface area contributed by atoms with Gasteiger partial charge in [0, 0.05) is 23.7 Å². The summed E-state index contributed by atoms with van der Waals surface area (Å²) >= 11 is 9.24. The Kier molecular flexibility index (Phi) is 8.92. The third-order valence-electron chi connectivity index (χ3n) is 4.26. The number of rotatable bonds is 9. The van der Waals surface area contributed by atoms with Gasteiger partial charge in [0.15, 0.2) is 6.61 Å². The minimum Gasteiger partial charge on any atom is -0.483 e. The van der Waals surface area contributed by atoms with Crippen LogP contribution >= 0.6 is 27.5 Å². The van der Waals surface area contributed by atoms with Gasteiger partial charge in [-0.15, -0.1) is 0 Å². The Bertz CT molecular complexity index is 866. The summed E-state index contributed by atoms with van der Waals surface area (Å²) < 4.78 is 20.3. The first-order chi connectivity index (χ1) is 13.8. The van der Waals surface area contributed by atoms with E-state index < -0.39 is 17.8 Å². The van der Waals surface area contributed by atoms with E-state index in [0.29, 0.717) is 27.4 Å². The van der Waals surface area contributed by atoms with Gasteiger partial charge in [0.25, 0.3) is 5.91 Å². The predicted molar refractivity (Wildman–Crippen MR) is 114 cm³/mol. The fourth-order valence-electron chi connectivity index (χ4n) is 2.60. The first-order valence-corrected chi connectivity index (χ1v) is 10.4. The summed E-state index contributed by atoms with van der Waals surface area (Å²) in [5, 5.41) is 3.29. The molecule has 8 heteroatoms. The minimum atomic E-state index is -0.786. The Hall–Kier alpha value is -2.12. The van der Waals surface area contributed by atoms with Gasteiger partial charge in [-0.1, -0.05) is 36.7 Å². The van der Waals surface area contributed by atoms with Gasteiger partial charge in [0.2, 0.25) is 5.91 Å². The number of nitrogens with one attached hydrogen (secondary N) is 1. The molecular weight excluding hydrogens is 463 g/mol. The topological polar surface area (TPSA) is 58.6 Å². The number of amides is 2. The summed E-state index contributed by atoms with van der Waals surface area (Å²) in [4.78, 5) is 26.6. The molecule has 2 aromatic carbocycles. The van der Waals surface area contributed by atoms with E-state index in [1.54, 1.807) is 43.3 Å². The molecule has 0 spiro atoms. The van der Waals surface area contributed by atoms with Crippen LogP contribution in [0.5, 0.6) is 5.75 Å². The van der Waals surface area contributed by atoms with E-state index in [9.17, 15) is 14.0 Å². The van der Waals surface area contributed by atoms with Crippen molar-refractivity contribution in [1.82, 2.24) is 10.2 Å². The molecule has 2 aromatic rings. The van der Waals surface area contributed by atoms with Crippen LogP contribution in [0.3, 0.4) is 0 Å². The van der Waals surface area contributed by atoms with Gasteiger partial charge in [-0.3, -0.25) is 9.59 Å². The molecule has 2 amide bonds. The zero-order valence-corrected chi connectivity index (χ0v) is 18.6. The van der Waals surface area contributed by atoms with E-state index in [0.717, 1.165) is 6.42 Å². The molecule has 0 bridgehead atoms. The maximum atomic E-state index is 14.1. The molecule has 29 heavy (non-hydrogen) atoms. The van der Waals surface area contributed by atoms with E-state index in [1.165, 1.54) is 11.0 Å². The molecule has 0 aliphatic rings. The van der Waals surface area contributed by atoms with Crippen molar-refractivity contribution in [2.24, 2.45) is 0 Å². The second-order valence-corrected chi connectivity index (χ2v) is 7.73. The Morgan fingerprint density at radius 3 is 2.66 bits per heavy atom. The molecule has 0 aliphatic heterocycles. The van der Waals surface area contributed by atoms with E-state index in [4.69, 9.17) is 16.3 Å². The molecule has 0 heterocycles. The number of nitrogens with zero attached hydrogens (tertiary/aromatic N) is 1. The third kappa shape index (κ3) is 6.72. The molecule has 5 nitrogen and oxygen atoms in total. The summed E-state index contributed by atoms with van der Waals surface area (Å²) in [7, 11) is 0. The molecule has 0 fully saturated rings. The summed E-state index contributed by atoms with van der Waals surface area (Å²) in [6, 6.07) is 10.3. The first-order valence-electron chi connectivity index (χ1n) is 9.22. The number of carbonyl (C=O) groups excluding carboxylic acids is 2. The smallest absolute Gasteiger partial charge is 0.261 e. The Labute approximate surface area is 183 Å². The number of ether oxygens (including phenoxy) is 1. The lowest BCUT2D eigenvalue weighted by molar-refractivity contribution is -0.142. The first kappa shape index (κ1) is 23.2. The lowest BCUT2D eigenvalue weighted by Crippen LogP contribution is -2.49. The minimum absolute atomic E-state index is 0.0443. The molecule has 1 atom stereocenters. The zero-order valence-electron chi connectivity index (χ0n) is 16.3. The lowest BCUT2D eigenvalue weighted by atomic mass is 10.1. The highest BCUT2D eigenvalue weighted by atomic mass is 79.9. The Morgan fingerprint density at radius 2 is 2.00 bits per heavy atom. The maximum Gasteiger partial charge on any atom is 0.261 e. The van der Waals surface area contributed by atoms with Crippen LogP contribution in [-0.4, -0.2) is 35.9 Å². The molecule has 0 saturated carbocycles. The Morgan fingerprint density at radius 1 is 1.28 bits per heavy atom. The van der Waals surface area contributed by atoms with Gasteiger partial charge < -0.3 is 15.0 Å². The summed E-state index contributed by atoms with van der Waals surface area (Å²) in [6.07, 6.45) is 0.771. The van der Waals surface area contributed by atoms with Crippen LogP contribution in [0.1, 0.15) is 25.8 Å². The van der Waals surface area contributed by atoms with E-state index >= 15 is 0 Å². The molecule has 0 radical (unpaired) electrons. The summed E-state index contributed by atoms with van der Waals surface area (Å²) in [5.41, 5.74) is 0.323. The van der Waals surface area contributed by atoms with Crippen LogP contribution < -0.4 is 10.1 Å². The van der Waals surface area contributed by atoms with Crippen molar-refractivity contribution in [3.05, 3.63) is 63.3 Å². The Balaban J connectivity index is 2.17. The SMILES string of the molecule is CCCNC(=O)[C@H](C)N(Cc1ccccc1F)C(=O)COc1ccc(Cl)cc1Br. The fraction of sp³-hybridized carbons (Fsp3) is 0.333. The number of hydrogen-bond donors (Lipinski definition) is 1. The van der Waals surface area contributed by atoms with Crippen molar-refractivity contribution in [2.45, 2.75) is 32.9 Å². The maximum absolute atomic E-state index is 14.1. The highest BCUT2D eigenvalue weighted by Gasteiger charge is 2.27. The second-order valence-electron chi connectivity index (χ2n) is 6.44. The van der Waals surface area contributed by atoms with E-state index in [2.05, 4.69) is 21.2 Å². The van der Waals surface area contributed by atoms with Crippen molar-refractivity contribution in [1.29, 1.82) is 0 Å². The molecule has 2 rings (SSSR count). The van der Waals surface area contributed by atoms with Gasteiger partial charge in [-0.2, -0.15) is 0 Å². The molecule has 0 saturated heterocycles. The van der Waals surface area contributed by atoms with Gasteiger partial charge in [0.05, 0.1) is 4.47 Å². The van der Waals surface area contributed by atoms with Crippen LogP contribution in [0.4, 0.5) is 4.39 Å². The number of benzene rings is 2. The van der Waals surface area contributed by atoms with Crippen molar-refractivity contribution in [3.8, 4) is 5.75 Å². The van der Waals surface area contributed by atoms with Crippen molar-refractivity contribution < 1.29 is 18.7 Å². The van der Waals surface area contributed by atoms with Gasteiger partial charge in [0.1, 0.15) is 17.6 Å². The molecule has 0 aromatic heterocycles. The second kappa shape index (κ2) is 11.2. The average molecular weight is 486 g/mol. The van der Waals surface area contributed by atoms with Gasteiger partial charge >= 0.3 is 0 Å². The largest absolute Gasteiger partial charge is 0.483 e. The number of carbonyl (C=O) groups is 2. The van der Waals surface area contributed by atoms with Crippen molar-refractivity contribution in [2.75, 3.05) is 13.2 Å². The van der Waals surface area contributed by atoms with E-state index in [-0.39, 0.29) is 19.1 Å². The third-order valence-corrected chi connectivity index (χ3v) is 5.11. The molecular formula is C21H23BrClFN2O3. The van der Waals surface area contributed by atoms with Gasteiger partial charge in [-0.25, -0.2) is 4.39 Å².